The van der Waals surface area contributed by atoms with E-state index in [0.29, 0.717) is 10.6 Å². The smallest absolute Gasteiger partial charge is 0.128 e. The van der Waals surface area contributed by atoms with Crippen molar-refractivity contribution in [3.63, 3.8) is 0 Å². The third kappa shape index (κ3) is 3.04. The van der Waals surface area contributed by atoms with Gasteiger partial charge in [-0.15, -0.1) is 0 Å². The number of rotatable bonds is 3. The van der Waals surface area contributed by atoms with Gasteiger partial charge in [-0.25, -0.2) is 4.39 Å². The van der Waals surface area contributed by atoms with Crippen LogP contribution in [-0.2, 0) is 0 Å². The van der Waals surface area contributed by atoms with E-state index in [1.807, 2.05) is 6.07 Å². The maximum Gasteiger partial charge on any atom is 0.128 e. The molecule has 1 aliphatic heterocycles. The molecule has 1 atom stereocenters. The van der Waals surface area contributed by atoms with Crippen LogP contribution in [0.25, 0.3) is 0 Å². The van der Waals surface area contributed by atoms with E-state index in [0.717, 1.165) is 32.6 Å². The van der Waals surface area contributed by atoms with Gasteiger partial charge in [-0.05, 0) is 19.0 Å². The van der Waals surface area contributed by atoms with Crippen molar-refractivity contribution >= 4 is 17.2 Å². The van der Waals surface area contributed by atoms with Crippen LogP contribution in [-0.4, -0.2) is 36.1 Å². The number of hydrogen-bond acceptors (Lipinski definition) is 3. The van der Waals surface area contributed by atoms with E-state index in [2.05, 4.69) is 10.2 Å². The molecule has 0 radical (unpaired) electrons. The number of nitrogens with two attached hydrogens (primary N) is 1. The minimum absolute atomic E-state index is 0.243. The molecule has 1 aliphatic rings. The lowest BCUT2D eigenvalue weighted by molar-refractivity contribution is 0.257. The van der Waals surface area contributed by atoms with E-state index >= 15 is 0 Å². The monoisotopic (exact) mass is 267 g/mol. The standard InChI is InChI=1S/C13H18FN3S/c14-11-5-2-1-4-10(11)12(13(15)18)17-8-3-6-16-7-9-17/h1-2,4-5,12,16H,3,6-9H2,(H2,15,18). The Morgan fingerprint density at radius 2 is 2.11 bits per heavy atom. The first-order valence-corrected chi connectivity index (χ1v) is 6.59. The Balaban J connectivity index is 2.27. The second kappa shape index (κ2) is 6.22. The van der Waals surface area contributed by atoms with E-state index < -0.39 is 0 Å². The average molecular weight is 267 g/mol. The number of nitrogens with zero attached hydrogens (tertiary/aromatic N) is 1. The van der Waals surface area contributed by atoms with Crippen molar-refractivity contribution in [2.75, 3.05) is 26.2 Å². The zero-order chi connectivity index (χ0) is 13.0. The van der Waals surface area contributed by atoms with Crippen molar-refractivity contribution in [3.8, 4) is 0 Å². The normalized spacial score (nSPS) is 19.2. The molecule has 3 nitrogen and oxygen atoms in total. The molecular weight excluding hydrogens is 249 g/mol. The summed E-state index contributed by atoms with van der Waals surface area (Å²) in [6, 6.07) is 6.41. The summed E-state index contributed by atoms with van der Waals surface area (Å²) in [7, 11) is 0. The van der Waals surface area contributed by atoms with Crippen LogP contribution in [0.15, 0.2) is 24.3 Å². The molecule has 0 saturated carbocycles. The van der Waals surface area contributed by atoms with Gasteiger partial charge in [-0.2, -0.15) is 0 Å². The molecule has 2 rings (SSSR count). The van der Waals surface area contributed by atoms with E-state index in [1.165, 1.54) is 6.07 Å². The van der Waals surface area contributed by atoms with Gasteiger partial charge in [-0.1, -0.05) is 30.4 Å². The summed E-state index contributed by atoms with van der Waals surface area (Å²) in [6.45, 7) is 3.57. The Labute approximate surface area is 112 Å². The fourth-order valence-corrected chi connectivity index (χ4v) is 2.63. The fourth-order valence-electron chi connectivity index (χ4n) is 2.35. The second-order valence-electron chi connectivity index (χ2n) is 4.47. The molecule has 1 aromatic carbocycles. The Morgan fingerprint density at radius 3 is 2.83 bits per heavy atom. The van der Waals surface area contributed by atoms with Crippen molar-refractivity contribution < 1.29 is 4.39 Å². The maximum absolute atomic E-state index is 13.9. The molecule has 1 unspecified atom stereocenters. The molecule has 1 aromatic rings. The molecule has 1 fully saturated rings. The summed E-state index contributed by atoms with van der Waals surface area (Å²) in [4.78, 5) is 2.49. The Kier molecular flexibility index (Phi) is 4.63. The SMILES string of the molecule is NC(=S)C(c1ccccc1F)N1CCCNCC1. The third-order valence-corrected chi connectivity index (χ3v) is 3.43. The first-order chi connectivity index (χ1) is 8.70. The highest BCUT2D eigenvalue weighted by atomic mass is 32.1. The van der Waals surface area contributed by atoms with Crippen molar-refractivity contribution in [2.45, 2.75) is 12.5 Å². The summed E-state index contributed by atoms with van der Waals surface area (Å²) < 4.78 is 13.9. The Bertz CT molecular complexity index is 416. The van der Waals surface area contributed by atoms with Crippen molar-refractivity contribution in [1.29, 1.82) is 0 Å². The molecule has 0 bridgehead atoms. The predicted octanol–water partition coefficient (Wildman–Crippen LogP) is 1.45. The van der Waals surface area contributed by atoms with Crippen molar-refractivity contribution in [3.05, 3.63) is 35.6 Å². The topological polar surface area (TPSA) is 41.3 Å². The van der Waals surface area contributed by atoms with Crippen LogP contribution in [0.1, 0.15) is 18.0 Å². The van der Waals surface area contributed by atoms with Crippen LogP contribution >= 0.6 is 12.2 Å². The van der Waals surface area contributed by atoms with E-state index in [-0.39, 0.29) is 11.9 Å². The summed E-state index contributed by atoms with van der Waals surface area (Å²) in [5.41, 5.74) is 6.40. The molecule has 98 valence electrons. The molecule has 18 heavy (non-hydrogen) atoms. The quantitative estimate of drug-likeness (QED) is 0.813. The van der Waals surface area contributed by atoms with Gasteiger partial charge >= 0.3 is 0 Å². The number of nitrogens with one attached hydrogen (secondary N) is 1. The molecule has 0 amide bonds. The third-order valence-electron chi connectivity index (χ3n) is 3.21. The van der Waals surface area contributed by atoms with E-state index in [9.17, 15) is 4.39 Å². The molecule has 1 heterocycles. The summed E-state index contributed by atoms with van der Waals surface area (Å²) in [5, 5.41) is 3.32. The Morgan fingerprint density at radius 1 is 1.33 bits per heavy atom. The second-order valence-corrected chi connectivity index (χ2v) is 4.94. The zero-order valence-corrected chi connectivity index (χ0v) is 11.0. The summed E-state index contributed by atoms with van der Waals surface area (Å²) in [6.07, 6.45) is 1.02. The van der Waals surface area contributed by atoms with Crippen molar-refractivity contribution in [1.82, 2.24) is 10.2 Å². The molecule has 0 spiro atoms. The first kappa shape index (κ1) is 13.4. The van der Waals surface area contributed by atoms with Gasteiger partial charge in [-0.3, -0.25) is 4.90 Å². The predicted molar refractivity (Wildman–Crippen MR) is 75.0 cm³/mol. The Hall–Kier alpha value is -1.04. The molecule has 0 aliphatic carbocycles. The van der Waals surface area contributed by atoms with Crippen LogP contribution in [0.3, 0.4) is 0 Å². The lowest BCUT2D eigenvalue weighted by Gasteiger charge is -2.30. The van der Waals surface area contributed by atoms with Gasteiger partial charge in [0.2, 0.25) is 0 Å². The lowest BCUT2D eigenvalue weighted by Crippen LogP contribution is -2.39. The zero-order valence-electron chi connectivity index (χ0n) is 10.2. The van der Waals surface area contributed by atoms with Gasteiger partial charge in [0.15, 0.2) is 0 Å². The molecular formula is C13H18FN3S. The van der Waals surface area contributed by atoms with Gasteiger partial charge < -0.3 is 11.1 Å². The van der Waals surface area contributed by atoms with Crippen LogP contribution < -0.4 is 11.1 Å². The van der Waals surface area contributed by atoms with Crippen LogP contribution in [0.2, 0.25) is 0 Å². The highest BCUT2D eigenvalue weighted by molar-refractivity contribution is 7.80. The molecule has 1 saturated heterocycles. The number of benzene rings is 1. The van der Waals surface area contributed by atoms with Crippen LogP contribution in [0.4, 0.5) is 4.39 Å². The number of halogens is 1. The van der Waals surface area contributed by atoms with Gasteiger partial charge in [0.1, 0.15) is 5.82 Å². The van der Waals surface area contributed by atoms with Crippen molar-refractivity contribution in [2.24, 2.45) is 5.73 Å². The minimum Gasteiger partial charge on any atom is -0.392 e. The highest BCUT2D eigenvalue weighted by Gasteiger charge is 2.25. The molecule has 3 N–H and O–H groups in total. The average Bonchev–Trinajstić information content (AvgIpc) is 2.60. The molecule has 0 aromatic heterocycles. The number of hydrogen-bond donors (Lipinski definition) is 2. The van der Waals surface area contributed by atoms with Gasteiger partial charge in [0.05, 0.1) is 11.0 Å². The lowest BCUT2D eigenvalue weighted by atomic mass is 10.0. The number of thiocarbonyl (C=S) groups is 1. The van der Waals surface area contributed by atoms with Gasteiger partial charge in [0, 0.05) is 25.2 Å². The van der Waals surface area contributed by atoms with E-state index in [1.54, 1.807) is 12.1 Å². The van der Waals surface area contributed by atoms with Crippen LogP contribution in [0, 0.1) is 5.82 Å². The largest absolute Gasteiger partial charge is 0.392 e. The van der Waals surface area contributed by atoms with E-state index in [4.69, 9.17) is 18.0 Å². The fraction of sp³-hybridized carbons (Fsp3) is 0.462. The maximum atomic E-state index is 13.9. The highest BCUT2D eigenvalue weighted by Crippen LogP contribution is 2.24. The van der Waals surface area contributed by atoms with Gasteiger partial charge in [0.25, 0.3) is 0 Å². The summed E-state index contributed by atoms with van der Waals surface area (Å²) in [5.74, 6) is -0.243. The minimum atomic E-state index is -0.305. The van der Waals surface area contributed by atoms with Crippen LogP contribution in [0.5, 0.6) is 0 Å². The first-order valence-electron chi connectivity index (χ1n) is 6.18. The summed E-state index contributed by atoms with van der Waals surface area (Å²) >= 11 is 5.13. The molecule has 5 heteroatoms.